The van der Waals surface area contributed by atoms with Crippen LogP contribution in [0.2, 0.25) is 0 Å². The van der Waals surface area contributed by atoms with Crippen LogP contribution in [-0.4, -0.2) is 30.1 Å². The fraction of sp³-hybridized carbons (Fsp3) is 0.136. The van der Waals surface area contributed by atoms with E-state index in [4.69, 9.17) is 11.1 Å². The van der Waals surface area contributed by atoms with Gasteiger partial charge in [0.25, 0.3) is 10.0 Å². The van der Waals surface area contributed by atoms with Crippen molar-refractivity contribution in [1.29, 1.82) is 5.41 Å². The standard InChI is InChI=1S/C22H21F3N6O2S/c1-12(2)29-11-15(17-8-9-28-22(27)30-17)21(26)14-4-3-5-18(20(14)25)31-34(32,33)19-10-13(23)6-7-16(19)24/h3-12,26,29,31H,1-2H3,(H2,27,28,30)/p+1. The Morgan fingerprint density at radius 1 is 1.18 bits per heavy atom. The van der Waals surface area contributed by atoms with Gasteiger partial charge in [-0.2, -0.15) is 0 Å². The maximum atomic E-state index is 15.4. The summed E-state index contributed by atoms with van der Waals surface area (Å²) in [7, 11) is -4.66. The molecule has 12 heteroatoms. The molecule has 0 amide bonds. The van der Waals surface area contributed by atoms with Gasteiger partial charge in [0.1, 0.15) is 22.7 Å². The Kier molecular flexibility index (Phi) is 7.32. The molecule has 3 aromatic rings. The van der Waals surface area contributed by atoms with E-state index in [1.165, 1.54) is 24.4 Å². The number of nitrogens with two attached hydrogens (primary N) is 2. The first-order chi connectivity index (χ1) is 16.0. The molecule has 1 aromatic heterocycles. The van der Waals surface area contributed by atoms with E-state index in [2.05, 4.69) is 9.97 Å². The Labute approximate surface area is 194 Å². The number of benzene rings is 2. The van der Waals surface area contributed by atoms with Crippen LogP contribution in [0.5, 0.6) is 0 Å². The predicted octanol–water partition coefficient (Wildman–Crippen LogP) is 2.66. The zero-order valence-corrected chi connectivity index (χ0v) is 19.0. The highest BCUT2D eigenvalue weighted by Crippen LogP contribution is 2.26. The van der Waals surface area contributed by atoms with Gasteiger partial charge in [-0.15, -0.1) is 0 Å². The highest BCUT2D eigenvalue weighted by Gasteiger charge is 2.24. The van der Waals surface area contributed by atoms with Gasteiger partial charge in [0, 0.05) is 11.8 Å². The molecule has 6 N–H and O–H groups in total. The van der Waals surface area contributed by atoms with E-state index in [1.807, 2.05) is 18.6 Å². The molecule has 0 spiro atoms. The van der Waals surface area contributed by atoms with E-state index in [9.17, 15) is 17.2 Å². The highest BCUT2D eigenvalue weighted by molar-refractivity contribution is 7.92. The van der Waals surface area contributed by atoms with Gasteiger partial charge < -0.3 is 11.1 Å². The van der Waals surface area contributed by atoms with E-state index in [0.717, 1.165) is 12.1 Å². The molecule has 0 aliphatic carbocycles. The number of allylic oxidation sites excluding steroid dienone is 1. The Morgan fingerprint density at radius 3 is 2.59 bits per heavy atom. The van der Waals surface area contributed by atoms with Gasteiger partial charge in [-0.25, -0.2) is 31.6 Å². The molecular weight excluding hydrogens is 469 g/mol. The number of hydrogen-bond acceptors (Lipinski definition) is 6. The Balaban J connectivity index is 2.03. The normalized spacial score (nSPS) is 12.1. The Bertz CT molecular complexity index is 1380. The molecule has 0 radical (unpaired) electrons. The largest absolute Gasteiger partial charge is 0.368 e. The first kappa shape index (κ1) is 24.9. The second-order valence-electron chi connectivity index (χ2n) is 7.54. The zero-order chi connectivity index (χ0) is 25.0. The zero-order valence-electron chi connectivity index (χ0n) is 18.2. The van der Waals surface area contributed by atoms with Crippen molar-refractivity contribution in [2.24, 2.45) is 0 Å². The summed E-state index contributed by atoms with van der Waals surface area (Å²) in [5, 5.41) is 10.4. The van der Waals surface area contributed by atoms with Crippen molar-refractivity contribution in [3.63, 3.8) is 0 Å². The lowest BCUT2D eigenvalue weighted by Crippen LogP contribution is -2.83. The average Bonchev–Trinajstić information content (AvgIpc) is 2.76. The minimum atomic E-state index is -4.66. The fourth-order valence-corrected chi connectivity index (χ4v) is 4.09. The number of nitrogen functional groups attached to an aromatic ring is 1. The molecule has 0 unspecified atom stereocenters. The van der Waals surface area contributed by atoms with Crippen molar-refractivity contribution in [2.75, 3.05) is 10.5 Å². The molecule has 0 saturated carbocycles. The number of aromatic nitrogens is 2. The molecule has 2 aromatic carbocycles. The summed E-state index contributed by atoms with van der Waals surface area (Å²) in [4.78, 5) is 6.93. The van der Waals surface area contributed by atoms with Crippen molar-refractivity contribution in [2.45, 2.75) is 24.8 Å². The van der Waals surface area contributed by atoms with Crippen molar-refractivity contribution in [3.05, 3.63) is 83.6 Å². The summed E-state index contributed by atoms with van der Waals surface area (Å²) < 4.78 is 70.0. The number of sulfonamides is 1. The Morgan fingerprint density at radius 2 is 1.91 bits per heavy atom. The number of anilines is 2. The second kappa shape index (κ2) is 10.0. The number of halogens is 3. The van der Waals surface area contributed by atoms with E-state index >= 15 is 4.39 Å². The fourth-order valence-electron chi connectivity index (χ4n) is 2.94. The lowest BCUT2D eigenvalue weighted by Gasteiger charge is -2.14. The first-order valence-electron chi connectivity index (χ1n) is 9.99. The number of hydrogen-bond donors (Lipinski definition) is 4. The molecular formula is C22H22F3N6O2S+. The lowest BCUT2D eigenvalue weighted by molar-refractivity contribution is -0.618. The molecule has 8 nitrogen and oxygen atoms in total. The van der Waals surface area contributed by atoms with Crippen LogP contribution in [0.25, 0.3) is 5.57 Å². The quantitative estimate of drug-likeness (QED) is 0.359. The summed E-state index contributed by atoms with van der Waals surface area (Å²) in [5.74, 6) is -3.29. The molecule has 1 heterocycles. The molecule has 34 heavy (non-hydrogen) atoms. The second-order valence-corrected chi connectivity index (χ2v) is 9.19. The number of nitrogens with one attached hydrogen (secondary N) is 2. The van der Waals surface area contributed by atoms with Crippen molar-refractivity contribution >= 4 is 32.9 Å². The van der Waals surface area contributed by atoms with Gasteiger partial charge in [0.15, 0.2) is 5.82 Å². The van der Waals surface area contributed by atoms with E-state index in [-0.39, 0.29) is 34.5 Å². The van der Waals surface area contributed by atoms with E-state index in [0.29, 0.717) is 12.1 Å². The predicted molar refractivity (Wildman–Crippen MR) is 122 cm³/mol. The Hall–Kier alpha value is -3.77. The minimum Gasteiger partial charge on any atom is -0.368 e. The maximum Gasteiger partial charge on any atom is 0.265 e. The number of nitrogens with zero attached hydrogens (tertiary/aromatic N) is 2. The number of rotatable bonds is 8. The molecule has 178 valence electrons. The van der Waals surface area contributed by atoms with Crippen LogP contribution in [-0.2, 0) is 10.0 Å². The van der Waals surface area contributed by atoms with Crippen LogP contribution >= 0.6 is 0 Å². The van der Waals surface area contributed by atoms with Crippen molar-refractivity contribution < 1.29 is 26.9 Å². The number of quaternary nitrogens is 1. The van der Waals surface area contributed by atoms with Crippen molar-refractivity contribution in [3.8, 4) is 0 Å². The molecule has 0 atom stereocenters. The topological polar surface area (TPSA) is 138 Å². The monoisotopic (exact) mass is 491 g/mol. The first-order valence-corrected chi connectivity index (χ1v) is 11.5. The van der Waals surface area contributed by atoms with Crippen molar-refractivity contribution in [1.82, 2.24) is 9.97 Å². The SMILES string of the molecule is CC(C)[NH2+]C=C(C(=N)c1cccc(NS(=O)(=O)c2cc(F)ccc2F)c1F)c1ccnc(N)n1. The third kappa shape index (κ3) is 5.58. The summed E-state index contributed by atoms with van der Waals surface area (Å²) in [6.45, 7) is 3.82. The minimum absolute atomic E-state index is 0.0418. The smallest absolute Gasteiger partial charge is 0.265 e. The van der Waals surface area contributed by atoms with Crippen LogP contribution in [0.15, 0.2) is 59.8 Å². The summed E-state index contributed by atoms with van der Waals surface area (Å²) in [6, 6.07) is 7.22. The van der Waals surface area contributed by atoms with Gasteiger partial charge >= 0.3 is 0 Å². The summed E-state index contributed by atoms with van der Waals surface area (Å²) >= 11 is 0. The molecule has 0 bridgehead atoms. The lowest BCUT2D eigenvalue weighted by atomic mass is 9.99. The van der Waals surface area contributed by atoms with Gasteiger partial charge in [-0.3, -0.25) is 10.1 Å². The van der Waals surface area contributed by atoms with E-state index < -0.39 is 38.1 Å². The third-order valence-electron chi connectivity index (χ3n) is 4.56. The molecule has 3 rings (SSSR count). The van der Waals surface area contributed by atoms with Crippen LogP contribution in [0.3, 0.4) is 0 Å². The van der Waals surface area contributed by atoms with Crippen LogP contribution in [0.1, 0.15) is 25.1 Å². The van der Waals surface area contributed by atoms with Gasteiger partial charge in [-0.05, 0) is 50.2 Å². The molecule has 0 saturated heterocycles. The summed E-state index contributed by atoms with van der Waals surface area (Å²) in [5.41, 5.74) is 5.05. The maximum absolute atomic E-state index is 15.4. The summed E-state index contributed by atoms with van der Waals surface area (Å²) in [6.07, 6.45) is 2.98. The molecule has 0 aliphatic rings. The molecule has 0 fully saturated rings. The van der Waals surface area contributed by atoms with Crippen LogP contribution < -0.4 is 15.8 Å². The average molecular weight is 492 g/mol. The van der Waals surface area contributed by atoms with Crippen LogP contribution in [0, 0.1) is 22.9 Å². The van der Waals surface area contributed by atoms with Crippen LogP contribution in [0.4, 0.5) is 24.8 Å². The van der Waals surface area contributed by atoms with Gasteiger partial charge in [0.05, 0.1) is 28.7 Å². The van der Waals surface area contributed by atoms with Gasteiger partial charge in [-0.1, -0.05) is 6.07 Å². The molecule has 0 aliphatic heterocycles. The van der Waals surface area contributed by atoms with Gasteiger partial charge in [0.2, 0.25) is 5.95 Å². The highest BCUT2D eigenvalue weighted by atomic mass is 32.2. The third-order valence-corrected chi connectivity index (χ3v) is 5.94. The van der Waals surface area contributed by atoms with E-state index in [1.54, 1.807) is 11.5 Å².